The molecule has 0 saturated carbocycles. The monoisotopic (exact) mass is 358 g/mol. The van der Waals surface area contributed by atoms with Gasteiger partial charge in [-0.3, -0.25) is 4.79 Å². The third-order valence-corrected chi connectivity index (χ3v) is 1.26. The predicted molar refractivity (Wildman–Crippen MR) is 63.3 cm³/mol. The van der Waals surface area contributed by atoms with Gasteiger partial charge in [0.25, 0.3) is 6.43 Å². The summed E-state index contributed by atoms with van der Waals surface area (Å²) in [4.78, 5) is 29.1. The standard InChI is InChI=1S/2C4H6F2O2.C3H4F2O2/c1-3(7)8-2-4(5)6;1-2-8-4(7)3(5)6;1-7-3(6)2(4)5/h4H,2H2,1H3;3H,2H2,1H3;2H,1H3. The molecule has 0 aromatic carbocycles. The summed E-state index contributed by atoms with van der Waals surface area (Å²) in [5.74, 6) is -3.61. The van der Waals surface area contributed by atoms with E-state index in [-0.39, 0.29) is 6.61 Å². The van der Waals surface area contributed by atoms with Gasteiger partial charge in [-0.25, -0.2) is 18.4 Å². The van der Waals surface area contributed by atoms with Gasteiger partial charge in [-0.1, -0.05) is 0 Å². The Kier molecular flexibility index (Phi) is 18.4. The number of halogens is 6. The van der Waals surface area contributed by atoms with Gasteiger partial charge in [-0.15, -0.1) is 0 Å². The number of ether oxygens (including phenoxy) is 3. The van der Waals surface area contributed by atoms with Crippen LogP contribution in [-0.2, 0) is 28.6 Å². The van der Waals surface area contributed by atoms with E-state index in [0.717, 1.165) is 14.0 Å². The summed E-state index contributed by atoms with van der Waals surface area (Å²) in [5.41, 5.74) is 0. The quantitative estimate of drug-likeness (QED) is 0.425. The van der Waals surface area contributed by atoms with Gasteiger partial charge in [-0.05, 0) is 6.92 Å². The molecule has 0 aliphatic heterocycles. The molecule has 0 aliphatic carbocycles. The normalized spacial score (nSPS) is 9.39. The Labute approximate surface area is 127 Å². The number of esters is 3. The number of methoxy groups -OCH3 is 1. The lowest BCUT2D eigenvalue weighted by molar-refractivity contribution is -0.155. The van der Waals surface area contributed by atoms with Crippen molar-refractivity contribution < 1.29 is 54.9 Å². The van der Waals surface area contributed by atoms with E-state index in [1.807, 2.05) is 0 Å². The van der Waals surface area contributed by atoms with Crippen LogP contribution in [0.2, 0.25) is 0 Å². The van der Waals surface area contributed by atoms with Gasteiger partial charge in [0.05, 0.1) is 13.7 Å². The molecule has 0 aromatic rings. The van der Waals surface area contributed by atoms with Crippen molar-refractivity contribution in [3.05, 3.63) is 0 Å². The van der Waals surface area contributed by atoms with Crippen molar-refractivity contribution in [2.75, 3.05) is 20.3 Å². The molecule has 0 radical (unpaired) electrons. The molecule has 0 N–H and O–H groups in total. The lowest BCUT2D eigenvalue weighted by Gasteiger charge is -1.96. The molecule has 0 atom stereocenters. The summed E-state index contributed by atoms with van der Waals surface area (Å²) in [6, 6.07) is 0. The van der Waals surface area contributed by atoms with Crippen LogP contribution in [0.4, 0.5) is 26.3 Å². The molecule has 0 aliphatic rings. The molecule has 0 bridgehead atoms. The van der Waals surface area contributed by atoms with Crippen molar-refractivity contribution in [1.82, 2.24) is 0 Å². The molecule has 6 nitrogen and oxygen atoms in total. The first-order valence-electron chi connectivity index (χ1n) is 5.71. The SMILES string of the molecule is CC(=O)OCC(F)F.CCOC(=O)C(F)F.COC(=O)C(F)F. The first-order chi connectivity index (χ1) is 10.5. The lowest BCUT2D eigenvalue weighted by atomic mass is 10.7. The Hall–Kier alpha value is -2.01. The fourth-order valence-corrected chi connectivity index (χ4v) is 0.475. The largest absolute Gasteiger partial charge is 0.465 e. The van der Waals surface area contributed by atoms with Gasteiger partial charge in [0.15, 0.2) is 6.61 Å². The highest BCUT2D eigenvalue weighted by molar-refractivity contribution is 5.72. The lowest BCUT2D eigenvalue weighted by Crippen LogP contribution is -2.13. The van der Waals surface area contributed by atoms with Crippen LogP contribution in [0.3, 0.4) is 0 Å². The molecule has 0 heterocycles. The second-order valence-corrected chi connectivity index (χ2v) is 3.07. The van der Waals surface area contributed by atoms with E-state index >= 15 is 0 Å². The number of hydrogen-bond acceptors (Lipinski definition) is 6. The molecule has 0 amide bonds. The van der Waals surface area contributed by atoms with Crippen molar-refractivity contribution in [3.63, 3.8) is 0 Å². The molecule has 0 spiro atoms. The first kappa shape index (κ1) is 25.9. The van der Waals surface area contributed by atoms with E-state index in [9.17, 15) is 40.7 Å². The zero-order chi connectivity index (χ0) is 19.0. The molecule has 23 heavy (non-hydrogen) atoms. The van der Waals surface area contributed by atoms with E-state index in [2.05, 4.69) is 14.2 Å². The van der Waals surface area contributed by atoms with Crippen LogP contribution in [-0.4, -0.2) is 57.5 Å². The highest BCUT2D eigenvalue weighted by Crippen LogP contribution is 1.94. The van der Waals surface area contributed by atoms with Crippen LogP contribution in [0.1, 0.15) is 13.8 Å². The summed E-state index contributed by atoms with van der Waals surface area (Å²) in [6.45, 7) is 1.77. The molecule has 0 fully saturated rings. The fraction of sp³-hybridized carbons (Fsp3) is 0.727. The van der Waals surface area contributed by atoms with Crippen molar-refractivity contribution in [2.45, 2.75) is 33.1 Å². The minimum atomic E-state index is -3.00. The number of carbonyl (C=O) groups excluding carboxylic acids is 3. The molecule has 0 rings (SSSR count). The Morgan fingerprint density at radius 1 is 0.870 bits per heavy atom. The van der Waals surface area contributed by atoms with Crippen molar-refractivity contribution in [2.24, 2.45) is 0 Å². The summed E-state index contributed by atoms with van der Waals surface area (Å²) < 4.78 is 77.9. The molecular weight excluding hydrogens is 342 g/mol. The zero-order valence-corrected chi connectivity index (χ0v) is 12.4. The van der Waals surface area contributed by atoms with E-state index in [1.165, 1.54) is 6.92 Å². The maximum atomic E-state index is 11.1. The van der Waals surface area contributed by atoms with Gasteiger partial charge >= 0.3 is 30.8 Å². The molecule has 12 heteroatoms. The average Bonchev–Trinajstić information content (AvgIpc) is 2.45. The maximum absolute atomic E-state index is 11.1. The minimum Gasteiger partial charge on any atom is -0.465 e. The van der Waals surface area contributed by atoms with Crippen LogP contribution >= 0.6 is 0 Å². The van der Waals surface area contributed by atoms with Gasteiger partial charge in [0, 0.05) is 6.92 Å². The van der Waals surface area contributed by atoms with Gasteiger partial charge in [-0.2, -0.15) is 17.6 Å². The Balaban J connectivity index is -0.000000262. The third-order valence-electron chi connectivity index (χ3n) is 1.26. The Bertz CT molecular complexity index is 337. The average molecular weight is 358 g/mol. The number of alkyl halides is 6. The van der Waals surface area contributed by atoms with Crippen LogP contribution in [0.5, 0.6) is 0 Å². The fourth-order valence-electron chi connectivity index (χ4n) is 0.475. The first-order valence-corrected chi connectivity index (χ1v) is 5.71. The topological polar surface area (TPSA) is 78.9 Å². The Morgan fingerprint density at radius 2 is 1.30 bits per heavy atom. The van der Waals surface area contributed by atoms with Crippen molar-refractivity contribution in [1.29, 1.82) is 0 Å². The van der Waals surface area contributed by atoms with Gasteiger partial charge in [0.1, 0.15) is 0 Å². The summed E-state index contributed by atoms with van der Waals surface area (Å²) in [6.07, 6.45) is -8.54. The van der Waals surface area contributed by atoms with Gasteiger partial charge in [0.2, 0.25) is 0 Å². The summed E-state index contributed by atoms with van der Waals surface area (Å²) in [7, 11) is 0.911. The predicted octanol–water partition coefficient (Wildman–Crippen LogP) is 2.05. The third kappa shape index (κ3) is 25.3. The minimum absolute atomic E-state index is 0.00315. The molecule has 0 aromatic heterocycles. The zero-order valence-electron chi connectivity index (χ0n) is 12.4. The van der Waals surface area contributed by atoms with E-state index in [4.69, 9.17) is 0 Å². The van der Waals surface area contributed by atoms with Crippen LogP contribution in [0.15, 0.2) is 0 Å². The van der Waals surface area contributed by atoms with Gasteiger partial charge < -0.3 is 14.2 Å². The molecule has 0 unspecified atom stereocenters. The number of carbonyl (C=O) groups is 3. The number of rotatable bonds is 5. The second kappa shape index (κ2) is 16.4. The van der Waals surface area contributed by atoms with Crippen LogP contribution < -0.4 is 0 Å². The summed E-state index contributed by atoms with van der Waals surface area (Å²) in [5, 5.41) is 0. The molecule has 138 valence electrons. The highest BCUT2D eigenvalue weighted by atomic mass is 19.3. The van der Waals surface area contributed by atoms with E-state index < -0.39 is 43.8 Å². The van der Waals surface area contributed by atoms with Crippen LogP contribution in [0, 0.1) is 0 Å². The van der Waals surface area contributed by atoms with E-state index in [1.54, 1.807) is 0 Å². The molecular formula is C11H16F6O6. The summed E-state index contributed by atoms with van der Waals surface area (Å²) >= 11 is 0. The Morgan fingerprint density at radius 3 is 1.39 bits per heavy atom. The van der Waals surface area contributed by atoms with Crippen LogP contribution in [0.25, 0.3) is 0 Å². The van der Waals surface area contributed by atoms with E-state index in [0.29, 0.717) is 0 Å². The highest BCUT2D eigenvalue weighted by Gasteiger charge is 2.15. The van der Waals surface area contributed by atoms with Crippen molar-refractivity contribution in [3.8, 4) is 0 Å². The smallest absolute Gasteiger partial charge is 0.373 e. The second-order valence-electron chi connectivity index (χ2n) is 3.07. The van der Waals surface area contributed by atoms with Crippen molar-refractivity contribution >= 4 is 17.9 Å². The number of hydrogen-bond donors (Lipinski definition) is 0. The molecule has 0 saturated heterocycles. The maximum Gasteiger partial charge on any atom is 0.373 e.